The normalized spacial score (nSPS) is 12.2. The molecule has 3 heteroatoms. The van der Waals surface area contributed by atoms with Gasteiger partial charge in [0.2, 0.25) is 5.91 Å². The number of amides is 1. The highest BCUT2D eigenvalue weighted by Crippen LogP contribution is 2.14. The minimum atomic E-state index is -0.531. The maximum Gasteiger partial charge on any atom is 0.223 e. The molecule has 1 N–H and O–H groups in total. The molecule has 0 saturated carbocycles. The lowest BCUT2D eigenvalue weighted by molar-refractivity contribution is -0.129. The van der Waals surface area contributed by atoms with Gasteiger partial charge < -0.3 is 5.32 Å². The van der Waals surface area contributed by atoms with Gasteiger partial charge >= 0.3 is 0 Å². The summed E-state index contributed by atoms with van der Waals surface area (Å²) in [5.41, 5.74) is 0.823. The molecule has 0 aliphatic heterocycles. The van der Waals surface area contributed by atoms with Crippen LogP contribution in [0.25, 0.3) is 0 Å². The molecule has 0 fully saturated rings. The second kappa shape index (κ2) is 5.45. The first kappa shape index (κ1) is 12.4. The SMILES string of the molecule is CC(=O)[C@H](NC(=O)C(C)C)c1ccccc1. The molecule has 0 spiro atoms. The largest absolute Gasteiger partial charge is 0.342 e. The Balaban J connectivity index is 2.85. The predicted molar refractivity (Wildman–Crippen MR) is 62.8 cm³/mol. The van der Waals surface area contributed by atoms with Crippen LogP contribution >= 0.6 is 0 Å². The summed E-state index contributed by atoms with van der Waals surface area (Å²) >= 11 is 0. The second-order valence-corrected chi connectivity index (χ2v) is 4.12. The van der Waals surface area contributed by atoms with Crippen LogP contribution in [0.3, 0.4) is 0 Å². The molecule has 86 valence electrons. The van der Waals surface area contributed by atoms with E-state index in [0.29, 0.717) is 0 Å². The number of nitrogens with one attached hydrogen (secondary N) is 1. The van der Waals surface area contributed by atoms with E-state index in [1.165, 1.54) is 6.92 Å². The predicted octanol–water partition coefficient (Wildman–Crippen LogP) is 2.09. The molecule has 1 rings (SSSR count). The third-order valence-corrected chi connectivity index (χ3v) is 2.35. The number of benzene rings is 1. The number of carbonyl (C=O) groups is 2. The Labute approximate surface area is 95.9 Å². The van der Waals surface area contributed by atoms with E-state index < -0.39 is 6.04 Å². The molecule has 3 nitrogen and oxygen atoms in total. The van der Waals surface area contributed by atoms with Crippen molar-refractivity contribution in [3.05, 3.63) is 35.9 Å². The first-order valence-corrected chi connectivity index (χ1v) is 5.38. The van der Waals surface area contributed by atoms with Crippen LogP contribution in [0.5, 0.6) is 0 Å². The van der Waals surface area contributed by atoms with Crippen molar-refractivity contribution in [3.8, 4) is 0 Å². The standard InChI is InChI=1S/C13H17NO2/c1-9(2)13(16)14-12(10(3)15)11-7-5-4-6-8-11/h4-9,12H,1-3H3,(H,14,16)/t12-/m0/s1. The number of hydrogen-bond acceptors (Lipinski definition) is 2. The fraction of sp³-hybridized carbons (Fsp3) is 0.385. The highest BCUT2D eigenvalue weighted by Gasteiger charge is 2.19. The first-order valence-electron chi connectivity index (χ1n) is 5.38. The minimum Gasteiger partial charge on any atom is -0.342 e. The van der Waals surface area contributed by atoms with Crippen molar-refractivity contribution >= 4 is 11.7 Å². The van der Waals surface area contributed by atoms with E-state index in [4.69, 9.17) is 0 Å². The summed E-state index contributed by atoms with van der Waals surface area (Å²) in [6.07, 6.45) is 0. The lowest BCUT2D eigenvalue weighted by atomic mass is 10.0. The molecular formula is C13H17NO2. The second-order valence-electron chi connectivity index (χ2n) is 4.12. The Bertz CT molecular complexity index is 371. The van der Waals surface area contributed by atoms with Gasteiger partial charge in [-0.25, -0.2) is 0 Å². The Kier molecular flexibility index (Phi) is 4.23. The van der Waals surface area contributed by atoms with Gasteiger partial charge in [0.05, 0.1) is 0 Å². The quantitative estimate of drug-likeness (QED) is 0.842. The van der Waals surface area contributed by atoms with Gasteiger partial charge in [-0.2, -0.15) is 0 Å². The fourth-order valence-corrected chi connectivity index (χ4v) is 1.37. The third kappa shape index (κ3) is 3.19. The average Bonchev–Trinajstić information content (AvgIpc) is 2.26. The van der Waals surface area contributed by atoms with E-state index in [0.717, 1.165) is 5.56 Å². The van der Waals surface area contributed by atoms with Crippen molar-refractivity contribution < 1.29 is 9.59 Å². The van der Waals surface area contributed by atoms with Gasteiger partial charge in [-0.05, 0) is 12.5 Å². The van der Waals surface area contributed by atoms with E-state index in [1.807, 2.05) is 30.3 Å². The van der Waals surface area contributed by atoms with Crippen molar-refractivity contribution in [1.29, 1.82) is 0 Å². The lowest BCUT2D eigenvalue weighted by Crippen LogP contribution is -2.35. The number of Topliss-reactive ketones (excluding diaryl/α,β-unsaturated/α-hetero) is 1. The van der Waals surface area contributed by atoms with Crippen molar-refractivity contribution in [2.45, 2.75) is 26.8 Å². The summed E-state index contributed by atoms with van der Waals surface area (Å²) in [4.78, 5) is 23.1. The molecule has 1 amide bonds. The van der Waals surface area contributed by atoms with Gasteiger partial charge in [0.15, 0.2) is 5.78 Å². The van der Waals surface area contributed by atoms with Crippen LogP contribution in [-0.2, 0) is 9.59 Å². The Morgan fingerprint density at radius 2 is 1.69 bits per heavy atom. The number of rotatable bonds is 4. The van der Waals surface area contributed by atoms with Gasteiger partial charge in [-0.3, -0.25) is 9.59 Å². The molecule has 1 atom stereocenters. The maximum absolute atomic E-state index is 11.6. The molecule has 0 unspecified atom stereocenters. The molecule has 0 aromatic heterocycles. The topological polar surface area (TPSA) is 46.2 Å². The molecule has 0 saturated heterocycles. The molecule has 1 aromatic carbocycles. The van der Waals surface area contributed by atoms with Crippen molar-refractivity contribution in [3.63, 3.8) is 0 Å². The van der Waals surface area contributed by atoms with E-state index in [9.17, 15) is 9.59 Å². The van der Waals surface area contributed by atoms with Crippen LogP contribution in [0.1, 0.15) is 32.4 Å². The highest BCUT2D eigenvalue weighted by atomic mass is 16.2. The maximum atomic E-state index is 11.6. The summed E-state index contributed by atoms with van der Waals surface area (Å²) in [7, 11) is 0. The van der Waals surface area contributed by atoms with Crippen LogP contribution in [0.2, 0.25) is 0 Å². The fourth-order valence-electron chi connectivity index (χ4n) is 1.37. The van der Waals surface area contributed by atoms with Crippen LogP contribution in [0.15, 0.2) is 30.3 Å². The van der Waals surface area contributed by atoms with E-state index in [1.54, 1.807) is 13.8 Å². The summed E-state index contributed by atoms with van der Waals surface area (Å²) in [6.45, 7) is 5.09. The Morgan fingerprint density at radius 3 is 2.12 bits per heavy atom. The van der Waals surface area contributed by atoms with E-state index >= 15 is 0 Å². The van der Waals surface area contributed by atoms with Crippen LogP contribution in [0, 0.1) is 5.92 Å². The van der Waals surface area contributed by atoms with E-state index in [-0.39, 0.29) is 17.6 Å². The Morgan fingerprint density at radius 1 is 1.12 bits per heavy atom. The van der Waals surface area contributed by atoms with Gasteiger partial charge in [-0.1, -0.05) is 44.2 Å². The van der Waals surface area contributed by atoms with E-state index in [2.05, 4.69) is 5.32 Å². The molecule has 0 aliphatic carbocycles. The van der Waals surface area contributed by atoms with Crippen LogP contribution in [0.4, 0.5) is 0 Å². The molecule has 0 aliphatic rings. The average molecular weight is 219 g/mol. The smallest absolute Gasteiger partial charge is 0.223 e. The number of carbonyl (C=O) groups excluding carboxylic acids is 2. The summed E-state index contributed by atoms with van der Waals surface area (Å²) in [5.74, 6) is -0.283. The van der Waals surface area contributed by atoms with Gasteiger partial charge in [0, 0.05) is 5.92 Å². The molecule has 0 radical (unpaired) electrons. The molecule has 1 aromatic rings. The zero-order valence-electron chi connectivity index (χ0n) is 9.86. The molecule has 0 bridgehead atoms. The molecule has 16 heavy (non-hydrogen) atoms. The number of ketones is 1. The zero-order valence-corrected chi connectivity index (χ0v) is 9.86. The minimum absolute atomic E-state index is 0.0554. The first-order chi connectivity index (χ1) is 7.52. The van der Waals surface area contributed by atoms with Gasteiger partial charge in [-0.15, -0.1) is 0 Å². The Hall–Kier alpha value is -1.64. The zero-order chi connectivity index (χ0) is 12.1. The van der Waals surface area contributed by atoms with Crippen molar-refractivity contribution in [2.24, 2.45) is 5.92 Å². The number of hydrogen-bond donors (Lipinski definition) is 1. The van der Waals surface area contributed by atoms with Crippen molar-refractivity contribution in [1.82, 2.24) is 5.32 Å². The highest BCUT2D eigenvalue weighted by molar-refractivity contribution is 5.89. The summed E-state index contributed by atoms with van der Waals surface area (Å²) in [5, 5.41) is 2.74. The van der Waals surface area contributed by atoms with Crippen LogP contribution < -0.4 is 5.32 Å². The molecule has 0 heterocycles. The summed E-state index contributed by atoms with van der Waals surface area (Å²) < 4.78 is 0. The van der Waals surface area contributed by atoms with Crippen LogP contribution in [-0.4, -0.2) is 11.7 Å². The van der Waals surface area contributed by atoms with Crippen molar-refractivity contribution in [2.75, 3.05) is 0 Å². The lowest BCUT2D eigenvalue weighted by Gasteiger charge is -2.17. The van der Waals surface area contributed by atoms with Gasteiger partial charge in [0.1, 0.15) is 6.04 Å². The monoisotopic (exact) mass is 219 g/mol. The summed E-state index contributed by atoms with van der Waals surface area (Å²) in [6, 6.07) is 8.74. The third-order valence-electron chi connectivity index (χ3n) is 2.35. The molecular weight excluding hydrogens is 202 g/mol. The van der Waals surface area contributed by atoms with Gasteiger partial charge in [0.25, 0.3) is 0 Å².